The van der Waals surface area contributed by atoms with Crippen molar-refractivity contribution in [2.45, 2.75) is 18.9 Å². The van der Waals surface area contributed by atoms with Gasteiger partial charge in [0.05, 0.1) is 9.39 Å². The van der Waals surface area contributed by atoms with E-state index in [1.165, 1.54) is 0 Å². The molecule has 0 bridgehead atoms. The highest BCUT2D eigenvalue weighted by molar-refractivity contribution is 9.11. The average molecular weight is 247 g/mol. The van der Waals surface area contributed by atoms with Crippen LogP contribution in [-0.4, -0.2) is 5.11 Å². The number of rotatable bonds is 3. The van der Waals surface area contributed by atoms with Gasteiger partial charge in [-0.3, -0.25) is 0 Å². The predicted molar refractivity (Wildman–Crippen MR) is 56.4 cm³/mol. The van der Waals surface area contributed by atoms with E-state index in [-0.39, 0.29) is 0 Å². The molecule has 1 N–H and O–H groups in total. The molecule has 0 saturated heterocycles. The highest BCUT2D eigenvalue weighted by atomic mass is 79.9. The molecule has 1 aromatic heterocycles. The number of thiophene rings is 1. The van der Waals surface area contributed by atoms with Gasteiger partial charge in [-0.1, -0.05) is 6.08 Å². The van der Waals surface area contributed by atoms with E-state index in [1.807, 2.05) is 12.1 Å². The molecule has 3 heteroatoms. The Kier molecular flexibility index (Phi) is 3.09. The second-order valence-electron chi connectivity index (χ2n) is 2.87. The molecule has 1 nitrogen and oxygen atoms in total. The normalized spacial score (nSPS) is 15.6. The summed E-state index contributed by atoms with van der Waals surface area (Å²) in [4.78, 5) is 0.967. The van der Waals surface area contributed by atoms with E-state index in [2.05, 4.69) is 22.5 Å². The standard InChI is InChI=1S/C9H11BrOS/c1-3-6-9(2,11)7-4-5-8(10)12-7/h3-5,11H,1,6H2,2H3/t9-/m0/s1. The first kappa shape index (κ1) is 9.96. The minimum Gasteiger partial charge on any atom is -0.384 e. The minimum atomic E-state index is -0.765. The molecule has 0 fully saturated rings. The third-order valence-electron chi connectivity index (χ3n) is 1.65. The Balaban J connectivity index is 2.88. The van der Waals surface area contributed by atoms with Gasteiger partial charge in [0.1, 0.15) is 0 Å². The highest BCUT2D eigenvalue weighted by Gasteiger charge is 2.22. The van der Waals surface area contributed by atoms with Crippen LogP contribution in [0.3, 0.4) is 0 Å². The Bertz CT molecular complexity index is 278. The van der Waals surface area contributed by atoms with E-state index in [1.54, 1.807) is 24.3 Å². The van der Waals surface area contributed by atoms with E-state index < -0.39 is 5.60 Å². The summed E-state index contributed by atoms with van der Waals surface area (Å²) in [5.74, 6) is 0. The van der Waals surface area contributed by atoms with Gasteiger partial charge in [0.15, 0.2) is 0 Å². The Labute approximate surface area is 84.9 Å². The SMILES string of the molecule is C=CC[C@](C)(O)c1ccc(Br)s1. The maximum absolute atomic E-state index is 9.92. The summed E-state index contributed by atoms with van der Waals surface area (Å²) in [6, 6.07) is 3.87. The summed E-state index contributed by atoms with van der Waals surface area (Å²) in [6.45, 7) is 5.41. The second-order valence-corrected chi connectivity index (χ2v) is 5.33. The quantitative estimate of drug-likeness (QED) is 0.812. The molecule has 0 saturated carbocycles. The maximum atomic E-state index is 9.92. The summed E-state index contributed by atoms with van der Waals surface area (Å²) >= 11 is 4.91. The van der Waals surface area contributed by atoms with Crippen molar-refractivity contribution in [3.63, 3.8) is 0 Å². The summed E-state index contributed by atoms with van der Waals surface area (Å²) in [6.07, 6.45) is 2.31. The molecule has 1 atom stereocenters. The molecule has 0 unspecified atom stereocenters. The lowest BCUT2D eigenvalue weighted by atomic mass is 10.0. The molecule has 1 rings (SSSR count). The smallest absolute Gasteiger partial charge is 0.0994 e. The Morgan fingerprint density at radius 2 is 2.42 bits per heavy atom. The highest BCUT2D eigenvalue weighted by Crippen LogP contribution is 2.33. The van der Waals surface area contributed by atoms with Crippen molar-refractivity contribution in [2.24, 2.45) is 0 Å². The largest absolute Gasteiger partial charge is 0.384 e. The fraction of sp³-hybridized carbons (Fsp3) is 0.333. The molecule has 1 heterocycles. The number of hydrogen-bond donors (Lipinski definition) is 1. The van der Waals surface area contributed by atoms with Crippen LogP contribution in [-0.2, 0) is 5.60 Å². The lowest BCUT2D eigenvalue weighted by molar-refractivity contribution is 0.0645. The first-order valence-corrected chi connectivity index (χ1v) is 5.26. The van der Waals surface area contributed by atoms with Crippen LogP contribution >= 0.6 is 27.3 Å². The molecule has 0 radical (unpaired) electrons. The van der Waals surface area contributed by atoms with Gasteiger partial charge in [0.2, 0.25) is 0 Å². The fourth-order valence-corrected chi connectivity index (χ4v) is 2.43. The molecule has 66 valence electrons. The Morgan fingerprint density at radius 3 is 2.83 bits per heavy atom. The molecule has 12 heavy (non-hydrogen) atoms. The van der Waals surface area contributed by atoms with E-state index >= 15 is 0 Å². The van der Waals surface area contributed by atoms with E-state index in [4.69, 9.17) is 0 Å². The molecular weight excluding hydrogens is 236 g/mol. The fourth-order valence-electron chi connectivity index (χ4n) is 0.985. The molecule has 0 spiro atoms. The zero-order valence-electron chi connectivity index (χ0n) is 6.88. The van der Waals surface area contributed by atoms with E-state index in [9.17, 15) is 5.11 Å². The topological polar surface area (TPSA) is 20.2 Å². The summed E-state index contributed by atoms with van der Waals surface area (Å²) in [7, 11) is 0. The third kappa shape index (κ3) is 2.19. The summed E-state index contributed by atoms with van der Waals surface area (Å²) in [5.41, 5.74) is -0.765. The van der Waals surface area contributed by atoms with Crippen molar-refractivity contribution in [3.8, 4) is 0 Å². The Hall–Kier alpha value is -0.120. The van der Waals surface area contributed by atoms with Crippen LogP contribution in [0.4, 0.5) is 0 Å². The molecule has 0 aliphatic rings. The van der Waals surface area contributed by atoms with Crippen molar-refractivity contribution in [1.82, 2.24) is 0 Å². The van der Waals surface area contributed by atoms with Gasteiger partial charge < -0.3 is 5.11 Å². The maximum Gasteiger partial charge on any atom is 0.0994 e. The van der Waals surface area contributed by atoms with Crippen LogP contribution in [0.25, 0.3) is 0 Å². The van der Waals surface area contributed by atoms with Crippen LogP contribution in [0, 0.1) is 0 Å². The molecule has 0 aromatic carbocycles. The van der Waals surface area contributed by atoms with Crippen molar-refractivity contribution < 1.29 is 5.11 Å². The molecular formula is C9H11BrOS. The Morgan fingerprint density at radius 1 is 1.75 bits per heavy atom. The first-order chi connectivity index (χ1) is 5.56. The second kappa shape index (κ2) is 3.73. The van der Waals surface area contributed by atoms with Crippen molar-refractivity contribution in [2.75, 3.05) is 0 Å². The van der Waals surface area contributed by atoms with E-state index in [0.29, 0.717) is 6.42 Å². The average Bonchev–Trinajstić information content (AvgIpc) is 2.36. The van der Waals surface area contributed by atoms with Crippen molar-refractivity contribution in [3.05, 3.63) is 33.5 Å². The molecule has 1 aromatic rings. The predicted octanol–water partition coefficient (Wildman–Crippen LogP) is 3.29. The van der Waals surface area contributed by atoms with Crippen molar-refractivity contribution >= 4 is 27.3 Å². The first-order valence-electron chi connectivity index (χ1n) is 3.65. The van der Waals surface area contributed by atoms with Gasteiger partial charge in [-0.2, -0.15) is 0 Å². The summed E-state index contributed by atoms with van der Waals surface area (Å²) in [5, 5.41) is 9.92. The van der Waals surface area contributed by atoms with Gasteiger partial charge in [-0.25, -0.2) is 0 Å². The van der Waals surface area contributed by atoms with Crippen molar-refractivity contribution in [1.29, 1.82) is 0 Å². The molecule has 0 amide bonds. The van der Waals surface area contributed by atoms with Gasteiger partial charge in [0.25, 0.3) is 0 Å². The van der Waals surface area contributed by atoms with Crippen LogP contribution in [0.15, 0.2) is 28.6 Å². The van der Waals surface area contributed by atoms with E-state index in [0.717, 1.165) is 8.66 Å². The van der Waals surface area contributed by atoms with Crippen LogP contribution in [0.2, 0.25) is 0 Å². The van der Waals surface area contributed by atoms with Gasteiger partial charge in [0, 0.05) is 4.88 Å². The van der Waals surface area contributed by atoms with Gasteiger partial charge in [-0.15, -0.1) is 17.9 Å². The summed E-state index contributed by atoms with van der Waals surface area (Å²) < 4.78 is 1.04. The van der Waals surface area contributed by atoms with Gasteiger partial charge in [-0.05, 0) is 41.4 Å². The minimum absolute atomic E-state index is 0.583. The lowest BCUT2D eigenvalue weighted by Gasteiger charge is -2.19. The molecule has 0 aliphatic heterocycles. The number of aliphatic hydroxyl groups is 1. The monoisotopic (exact) mass is 246 g/mol. The number of halogens is 1. The lowest BCUT2D eigenvalue weighted by Crippen LogP contribution is -2.17. The van der Waals surface area contributed by atoms with Gasteiger partial charge >= 0.3 is 0 Å². The van der Waals surface area contributed by atoms with Crippen LogP contribution in [0.5, 0.6) is 0 Å². The van der Waals surface area contributed by atoms with Crippen LogP contribution in [0.1, 0.15) is 18.2 Å². The zero-order valence-corrected chi connectivity index (χ0v) is 9.28. The number of hydrogen-bond acceptors (Lipinski definition) is 2. The molecule has 0 aliphatic carbocycles. The third-order valence-corrected chi connectivity index (χ3v) is 3.52. The zero-order chi connectivity index (χ0) is 9.19. The van der Waals surface area contributed by atoms with Crippen LogP contribution < -0.4 is 0 Å².